The average Bonchev–Trinajstić information content (AvgIpc) is 2.52. The van der Waals surface area contributed by atoms with E-state index in [1.54, 1.807) is 6.92 Å². The third-order valence-corrected chi connectivity index (χ3v) is 3.32. The number of ether oxygens (including phenoxy) is 2. The highest BCUT2D eigenvalue weighted by atomic mass is 16.5. The minimum atomic E-state index is -0.122. The third-order valence-electron chi connectivity index (χ3n) is 3.32. The van der Waals surface area contributed by atoms with Gasteiger partial charge in [-0.05, 0) is 18.8 Å². The van der Waals surface area contributed by atoms with E-state index in [1.165, 1.54) is 0 Å². The molecule has 0 saturated heterocycles. The fourth-order valence-corrected chi connectivity index (χ4v) is 1.70. The summed E-state index contributed by atoms with van der Waals surface area (Å²) in [7, 11) is 0. The Bertz CT molecular complexity index is 396. The van der Waals surface area contributed by atoms with Crippen LogP contribution in [-0.4, -0.2) is 51.3 Å². The molecule has 6 heteroatoms. The van der Waals surface area contributed by atoms with Gasteiger partial charge in [-0.25, -0.2) is 0 Å². The molecule has 0 aliphatic carbocycles. The topological polar surface area (TPSA) is 76.7 Å². The molecule has 0 aromatic heterocycles. The van der Waals surface area contributed by atoms with Crippen LogP contribution in [0.5, 0.6) is 0 Å². The summed E-state index contributed by atoms with van der Waals surface area (Å²) in [6.45, 7) is 16.5. The Morgan fingerprint density at radius 3 is 1.79 bits per heavy atom. The molecule has 0 rings (SSSR count). The summed E-state index contributed by atoms with van der Waals surface area (Å²) in [4.78, 5) is 22.8. The molecule has 2 unspecified atom stereocenters. The van der Waals surface area contributed by atoms with E-state index < -0.39 is 0 Å². The molecular weight excluding hydrogens is 308 g/mol. The summed E-state index contributed by atoms with van der Waals surface area (Å²) in [6.07, 6.45) is 0. The fourth-order valence-electron chi connectivity index (χ4n) is 1.70. The lowest BCUT2D eigenvalue weighted by Gasteiger charge is -2.15. The maximum Gasteiger partial charge on any atom is 0.246 e. The fraction of sp³-hybridized carbons (Fsp3) is 0.778. The lowest BCUT2D eigenvalue weighted by Crippen LogP contribution is -2.33. The second-order valence-electron chi connectivity index (χ2n) is 6.75. The van der Waals surface area contributed by atoms with Gasteiger partial charge in [-0.1, -0.05) is 34.3 Å². The monoisotopic (exact) mass is 342 g/mol. The molecule has 0 saturated carbocycles. The molecule has 0 aromatic rings. The van der Waals surface area contributed by atoms with Crippen molar-refractivity contribution in [1.82, 2.24) is 10.6 Å². The summed E-state index contributed by atoms with van der Waals surface area (Å²) in [6, 6.07) is 0. The maximum atomic E-state index is 11.5. The Morgan fingerprint density at radius 1 is 0.917 bits per heavy atom. The van der Waals surface area contributed by atoms with Gasteiger partial charge >= 0.3 is 0 Å². The zero-order valence-corrected chi connectivity index (χ0v) is 15.8. The molecule has 0 spiro atoms. The van der Waals surface area contributed by atoms with Crippen molar-refractivity contribution in [3.05, 3.63) is 12.2 Å². The molecule has 2 amide bonds. The number of nitrogens with one attached hydrogen (secondary N) is 2. The molecule has 0 heterocycles. The van der Waals surface area contributed by atoms with E-state index in [9.17, 15) is 9.59 Å². The predicted molar refractivity (Wildman–Crippen MR) is 95.6 cm³/mol. The summed E-state index contributed by atoms with van der Waals surface area (Å²) in [5.41, 5.74) is 0.509. The number of carbonyl (C=O) groups excluding carboxylic acids is 2. The molecule has 6 nitrogen and oxygen atoms in total. The predicted octanol–water partition coefficient (Wildman–Crippen LogP) is 1.76. The van der Waals surface area contributed by atoms with Crippen LogP contribution in [0.1, 0.15) is 34.6 Å². The standard InChI is InChI=1S/C18H34N2O4/c1-13(2)17(21)19-9-15(5)11-23-7-8-24-12-16(6)10-20-18(22)14(3)4/h14-16H,1,7-12H2,2-6H3,(H,19,21)(H,20,22). The van der Waals surface area contributed by atoms with Crippen molar-refractivity contribution in [2.45, 2.75) is 34.6 Å². The average molecular weight is 342 g/mol. The van der Waals surface area contributed by atoms with E-state index in [4.69, 9.17) is 9.47 Å². The minimum absolute atomic E-state index is 0.00804. The number of hydrogen-bond acceptors (Lipinski definition) is 4. The van der Waals surface area contributed by atoms with Crippen molar-refractivity contribution >= 4 is 11.8 Å². The zero-order valence-electron chi connectivity index (χ0n) is 15.8. The zero-order chi connectivity index (χ0) is 18.5. The molecule has 2 N–H and O–H groups in total. The van der Waals surface area contributed by atoms with Gasteiger partial charge in [-0.15, -0.1) is 0 Å². The third kappa shape index (κ3) is 12.1. The summed E-state index contributed by atoms with van der Waals surface area (Å²) in [5, 5.41) is 5.68. The molecule has 0 fully saturated rings. The van der Waals surface area contributed by atoms with Gasteiger partial charge < -0.3 is 20.1 Å². The second-order valence-corrected chi connectivity index (χ2v) is 6.75. The van der Waals surface area contributed by atoms with Gasteiger partial charge in [-0.3, -0.25) is 9.59 Å². The van der Waals surface area contributed by atoms with E-state index in [-0.39, 0.29) is 29.6 Å². The van der Waals surface area contributed by atoms with Crippen molar-refractivity contribution in [3.8, 4) is 0 Å². The Morgan fingerprint density at radius 2 is 1.38 bits per heavy atom. The molecule has 0 bridgehead atoms. The van der Waals surface area contributed by atoms with E-state index in [1.807, 2.05) is 27.7 Å². The van der Waals surface area contributed by atoms with Crippen LogP contribution in [0.3, 0.4) is 0 Å². The number of amides is 2. The summed E-state index contributed by atoms with van der Waals surface area (Å²) in [5.74, 6) is 0.456. The highest BCUT2D eigenvalue weighted by Gasteiger charge is 2.09. The number of hydrogen-bond donors (Lipinski definition) is 2. The maximum absolute atomic E-state index is 11.5. The molecule has 0 aliphatic heterocycles. The van der Waals surface area contributed by atoms with Crippen LogP contribution in [-0.2, 0) is 19.1 Å². The Hall–Kier alpha value is -1.40. The second kappa shape index (κ2) is 13.0. The SMILES string of the molecule is C=C(C)C(=O)NCC(C)COCCOCC(C)CNC(=O)C(C)C. The van der Waals surface area contributed by atoms with Crippen molar-refractivity contribution in [2.24, 2.45) is 17.8 Å². The Labute approximate surface area is 146 Å². The summed E-state index contributed by atoms with van der Waals surface area (Å²) >= 11 is 0. The van der Waals surface area contributed by atoms with E-state index in [0.29, 0.717) is 45.1 Å². The minimum Gasteiger partial charge on any atom is -0.379 e. The van der Waals surface area contributed by atoms with Crippen LogP contribution >= 0.6 is 0 Å². The van der Waals surface area contributed by atoms with E-state index in [0.717, 1.165) is 0 Å². The van der Waals surface area contributed by atoms with Crippen molar-refractivity contribution in [1.29, 1.82) is 0 Å². The van der Waals surface area contributed by atoms with Gasteiger partial charge in [-0.2, -0.15) is 0 Å². The van der Waals surface area contributed by atoms with Gasteiger partial charge in [0.25, 0.3) is 0 Å². The Kier molecular flexibility index (Phi) is 12.2. The van der Waals surface area contributed by atoms with Gasteiger partial charge in [0, 0.05) is 24.6 Å². The van der Waals surface area contributed by atoms with Crippen LogP contribution in [0.15, 0.2) is 12.2 Å². The molecule has 0 radical (unpaired) electrons. The van der Waals surface area contributed by atoms with Gasteiger partial charge in [0.05, 0.1) is 26.4 Å². The normalized spacial score (nSPS) is 13.4. The van der Waals surface area contributed by atoms with Crippen LogP contribution in [0, 0.1) is 17.8 Å². The van der Waals surface area contributed by atoms with Crippen LogP contribution in [0.25, 0.3) is 0 Å². The largest absolute Gasteiger partial charge is 0.379 e. The van der Waals surface area contributed by atoms with Gasteiger partial charge in [0.2, 0.25) is 11.8 Å². The molecule has 140 valence electrons. The molecule has 24 heavy (non-hydrogen) atoms. The molecule has 0 aliphatic rings. The molecule has 0 aromatic carbocycles. The molecule has 2 atom stereocenters. The number of rotatable bonds is 13. The van der Waals surface area contributed by atoms with E-state index >= 15 is 0 Å². The lowest BCUT2D eigenvalue weighted by molar-refractivity contribution is -0.124. The van der Waals surface area contributed by atoms with E-state index in [2.05, 4.69) is 17.2 Å². The van der Waals surface area contributed by atoms with Crippen LogP contribution in [0.2, 0.25) is 0 Å². The highest BCUT2D eigenvalue weighted by molar-refractivity contribution is 5.92. The Balaban J connectivity index is 3.54. The van der Waals surface area contributed by atoms with Crippen molar-refractivity contribution in [3.63, 3.8) is 0 Å². The molecular formula is C18H34N2O4. The quantitative estimate of drug-likeness (QED) is 0.395. The van der Waals surface area contributed by atoms with Crippen LogP contribution < -0.4 is 10.6 Å². The van der Waals surface area contributed by atoms with Crippen LogP contribution in [0.4, 0.5) is 0 Å². The van der Waals surface area contributed by atoms with Gasteiger partial charge in [0.1, 0.15) is 0 Å². The first-order chi connectivity index (χ1) is 11.2. The smallest absolute Gasteiger partial charge is 0.246 e. The summed E-state index contributed by atoms with van der Waals surface area (Å²) < 4.78 is 11.1. The highest BCUT2D eigenvalue weighted by Crippen LogP contribution is 1.98. The first kappa shape index (κ1) is 22.6. The number of carbonyl (C=O) groups is 2. The van der Waals surface area contributed by atoms with Gasteiger partial charge in [0.15, 0.2) is 0 Å². The van der Waals surface area contributed by atoms with Crippen molar-refractivity contribution < 1.29 is 19.1 Å². The first-order valence-electron chi connectivity index (χ1n) is 8.60. The first-order valence-corrected chi connectivity index (χ1v) is 8.60. The van der Waals surface area contributed by atoms with Crippen molar-refractivity contribution in [2.75, 3.05) is 39.5 Å². The lowest BCUT2D eigenvalue weighted by atomic mass is 10.1.